The van der Waals surface area contributed by atoms with Crippen LogP contribution < -0.4 is 19.8 Å². The maximum absolute atomic E-state index is 13.2. The van der Waals surface area contributed by atoms with Crippen LogP contribution in [0.4, 0.5) is 17.1 Å². The van der Waals surface area contributed by atoms with Gasteiger partial charge in [0.1, 0.15) is 0 Å². The minimum absolute atomic E-state index is 0.00328. The number of hydrogen-bond donors (Lipinski definition) is 2. The molecule has 34 heavy (non-hydrogen) atoms. The minimum Gasteiger partial charge on any atom is -0.378 e. The quantitative estimate of drug-likeness (QED) is 0.618. The van der Waals surface area contributed by atoms with E-state index >= 15 is 0 Å². The van der Waals surface area contributed by atoms with Crippen LogP contribution in [0.25, 0.3) is 0 Å². The van der Waals surface area contributed by atoms with Crippen LogP contribution in [-0.4, -0.2) is 73.0 Å². The number of hydrogen-bond acceptors (Lipinski definition) is 7. The zero-order valence-electron chi connectivity index (χ0n) is 19.0. The fourth-order valence-corrected chi connectivity index (χ4v) is 5.55. The van der Waals surface area contributed by atoms with Crippen molar-refractivity contribution in [1.82, 2.24) is 4.72 Å². The molecule has 2 aromatic carbocycles. The third kappa shape index (κ3) is 5.35. The molecule has 9 nitrogen and oxygen atoms in total. The van der Waals surface area contributed by atoms with E-state index in [9.17, 15) is 13.2 Å². The molecule has 1 amide bonds. The van der Waals surface area contributed by atoms with Gasteiger partial charge in [-0.1, -0.05) is 6.07 Å². The van der Waals surface area contributed by atoms with Gasteiger partial charge in [0.15, 0.2) is 0 Å². The summed E-state index contributed by atoms with van der Waals surface area (Å²) < 4.78 is 38.8. The summed E-state index contributed by atoms with van der Waals surface area (Å²) in [5, 5.41) is 3.01. The number of rotatable bonds is 7. The number of carbonyl (C=O) groups is 1. The lowest BCUT2D eigenvalue weighted by atomic mass is 10.1. The normalized spacial score (nSPS) is 19.2. The van der Waals surface area contributed by atoms with Crippen LogP contribution in [0.15, 0.2) is 47.4 Å². The molecule has 0 atom stereocenters. The standard InChI is InChI=1S/C24H30N4O5S/c29-24(18-2-1-3-21(16-18)34(30,31)26-19-4-5-19)25-22-7-6-20(27-8-12-32-13-9-27)17-23(22)28-10-14-33-15-11-28/h1-3,6-7,16-17,19,26H,4-5,8-15H2,(H,25,29). The Morgan fingerprint density at radius 2 is 1.56 bits per heavy atom. The first-order valence-electron chi connectivity index (χ1n) is 11.7. The predicted octanol–water partition coefficient (Wildman–Crippen LogP) is 2.05. The number of carbonyl (C=O) groups excluding carboxylic acids is 1. The van der Waals surface area contributed by atoms with E-state index in [1.54, 1.807) is 12.1 Å². The van der Waals surface area contributed by atoms with E-state index < -0.39 is 10.0 Å². The molecule has 0 spiro atoms. The highest BCUT2D eigenvalue weighted by molar-refractivity contribution is 7.89. The van der Waals surface area contributed by atoms with Crippen LogP contribution in [0.2, 0.25) is 0 Å². The van der Waals surface area contributed by atoms with Crippen molar-refractivity contribution in [2.75, 3.05) is 67.7 Å². The van der Waals surface area contributed by atoms with Crippen LogP contribution in [0.5, 0.6) is 0 Å². The third-order valence-electron chi connectivity index (χ3n) is 6.26. The summed E-state index contributed by atoms with van der Waals surface area (Å²) in [6.45, 7) is 5.76. The predicted molar refractivity (Wildman–Crippen MR) is 130 cm³/mol. The average Bonchev–Trinajstić information content (AvgIpc) is 3.69. The van der Waals surface area contributed by atoms with Gasteiger partial charge in [-0.25, -0.2) is 13.1 Å². The molecule has 2 saturated heterocycles. The van der Waals surface area contributed by atoms with Gasteiger partial charge in [0.25, 0.3) is 5.91 Å². The molecular weight excluding hydrogens is 456 g/mol. The Balaban J connectivity index is 1.39. The molecule has 3 aliphatic rings. The number of nitrogens with one attached hydrogen (secondary N) is 2. The zero-order valence-corrected chi connectivity index (χ0v) is 19.9. The Morgan fingerprint density at radius 3 is 2.24 bits per heavy atom. The topological polar surface area (TPSA) is 100 Å². The van der Waals surface area contributed by atoms with Gasteiger partial charge in [-0.2, -0.15) is 0 Å². The number of anilines is 3. The van der Waals surface area contributed by atoms with Gasteiger partial charge in [-0.3, -0.25) is 4.79 Å². The Labute approximate surface area is 200 Å². The van der Waals surface area contributed by atoms with E-state index in [4.69, 9.17) is 9.47 Å². The molecule has 2 N–H and O–H groups in total. The second kappa shape index (κ2) is 9.91. The molecule has 3 fully saturated rings. The van der Waals surface area contributed by atoms with Crippen molar-refractivity contribution < 1.29 is 22.7 Å². The van der Waals surface area contributed by atoms with Gasteiger partial charge in [0, 0.05) is 43.5 Å². The molecule has 0 radical (unpaired) electrons. The fourth-order valence-electron chi connectivity index (χ4n) is 4.20. The largest absolute Gasteiger partial charge is 0.378 e. The Hall–Kier alpha value is -2.66. The lowest BCUT2D eigenvalue weighted by Crippen LogP contribution is -2.38. The lowest BCUT2D eigenvalue weighted by molar-refractivity contribution is 0.102. The molecule has 0 unspecified atom stereocenters. The molecule has 5 rings (SSSR count). The van der Waals surface area contributed by atoms with Crippen LogP contribution in [0.1, 0.15) is 23.2 Å². The first-order chi connectivity index (χ1) is 16.5. The van der Waals surface area contributed by atoms with Crippen LogP contribution in [-0.2, 0) is 19.5 Å². The van der Waals surface area contributed by atoms with E-state index in [2.05, 4.69) is 25.9 Å². The van der Waals surface area contributed by atoms with Crippen molar-refractivity contribution in [2.24, 2.45) is 0 Å². The molecule has 10 heteroatoms. The van der Waals surface area contributed by atoms with Gasteiger partial charge in [0.2, 0.25) is 10.0 Å². The van der Waals surface area contributed by atoms with E-state index in [-0.39, 0.29) is 16.8 Å². The van der Waals surface area contributed by atoms with Crippen LogP contribution in [0.3, 0.4) is 0 Å². The summed E-state index contributed by atoms with van der Waals surface area (Å²) >= 11 is 0. The molecule has 1 aliphatic carbocycles. The number of amides is 1. The highest BCUT2D eigenvalue weighted by atomic mass is 32.2. The van der Waals surface area contributed by atoms with Crippen LogP contribution in [0, 0.1) is 0 Å². The molecule has 2 heterocycles. The van der Waals surface area contributed by atoms with Crippen molar-refractivity contribution >= 4 is 33.0 Å². The molecule has 0 aromatic heterocycles. The van der Waals surface area contributed by atoms with Gasteiger partial charge < -0.3 is 24.6 Å². The smallest absolute Gasteiger partial charge is 0.255 e. The lowest BCUT2D eigenvalue weighted by Gasteiger charge is -2.33. The summed E-state index contributed by atoms with van der Waals surface area (Å²) in [7, 11) is -3.64. The molecule has 2 aromatic rings. The summed E-state index contributed by atoms with van der Waals surface area (Å²) in [6.07, 6.45) is 1.70. The van der Waals surface area contributed by atoms with Crippen molar-refractivity contribution in [1.29, 1.82) is 0 Å². The van der Waals surface area contributed by atoms with Crippen molar-refractivity contribution in [2.45, 2.75) is 23.8 Å². The molecule has 182 valence electrons. The number of benzene rings is 2. The highest BCUT2D eigenvalue weighted by Crippen LogP contribution is 2.33. The SMILES string of the molecule is O=C(Nc1ccc(N2CCOCC2)cc1N1CCOCC1)c1cccc(S(=O)(=O)NC2CC2)c1. The highest BCUT2D eigenvalue weighted by Gasteiger charge is 2.28. The van der Waals surface area contributed by atoms with Gasteiger partial charge in [-0.15, -0.1) is 0 Å². The van der Waals surface area contributed by atoms with Gasteiger partial charge in [0.05, 0.1) is 42.7 Å². The van der Waals surface area contributed by atoms with Crippen molar-refractivity contribution in [3.63, 3.8) is 0 Å². The van der Waals surface area contributed by atoms with Gasteiger partial charge in [-0.05, 0) is 49.2 Å². The Morgan fingerprint density at radius 1 is 0.882 bits per heavy atom. The first kappa shape index (κ1) is 23.1. The summed E-state index contributed by atoms with van der Waals surface area (Å²) in [5.41, 5.74) is 3.00. The van der Waals surface area contributed by atoms with E-state index in [0.717, 1.165) is 50.4 Å². The summed E-state index contributed by atoms with van der Waals surface area (Å²) in [6, 6.07) is 12.2. The second-order valence-corrected chi connectivity index (χ2v) is 10.5. The maximum atomic E-state index is 13.2. The van der Waals surface area contributed by atoms with Crippen LogP contribution >= 0.6 is 0 Å². The van der Waals surface area contributed by atoms with Crippen molar-refractivity contribution in [3.05, 3.63) is 48.0 Å². The van der Waals surface area contributed by atoms with Gasteiger partial charge >= 0.3 is 0 Å². The number of sulfonamides is 1. The van der Waals surface area contributed by atoms with E-state index in [1.807, 2.05) is 12.1 Å². The fraction of sp³-hybridized carbons (Fsp3) is 0.458. The number of ether oxygens (including phenoxy) is 2. The molecule has 2 aliphatic heterocycles. The van der Waals surface area contributed by atoms with E-state index in [1.165, 1.54) is 12.1 Å². The minimum atomic E-state index is -3.64. The Kier molecular flexibility index (Phi) is 6.73. The zero-order chi connectivity index (χ0) is 23.5. The van der Waals surface area contributed by atoms with Crippen molar-refractivity contribution in [3.8, 4) is 0 Å². The Bertz CT molecular complexity index is 1140. The monoisotopic (exact) mass is 486 g/mol. The molecular formula is C24H30N4O5S. The summed E-state index contributed by atoms with van der Waals surface area (Å²) in [4.78, 5) is 17.7. The maximum Gasteiger partial charge on any atom is 0.255 e. The molecule has 0 bridgehead atoms. The average molecular weight is 487 g/mol. The number of morpholine rings is 2. The summed E-state index contributed by atoms with van der Waals surface area (Å²) in [5.74, 6) is -0.350. The molecule has 1 saturated carbocycles. The number of nitrogens with zero attached hydrogens (tertiary/aromatic N) is 2. The van der Waals surface area contributed by atoms with E-state index in [0.29, 0.717) is 37.7 Å². The first-order valence-corrected chi connectivity index (χ1v) is 13.2. The second-order valence-electron chi connectivity index (χ2n) is 8.78. The third-order valence-corrected chi connectivity index (χ3v) is 7.78.